The highest BCUT2D eigenvalue weighted by Crippen LogP contribution is 2.28. The van der Waals surface area contributed by atoms with Gasteiger partial charge in [-0.15, -0.1) is 12.4 Å². The van der Waals surface area contributed by atoms with Gasteiger partial charge >= 0.3 is 5.69 Å². The van der Waals surface area contributed by atoms with E-state index >= 15 is 0 Å². The molecule has 0 aliphatic carbocycles. The zero-order valence-corrected chi connectivity index (χ0v) is 12.8. The van der Waals surface area contributed by atoms with Gasteiger partial charge in [-0.2, -0.15) is 0 Å². The lowest BCUT2D eigenvalue weighted by Gasteiger charge is -2.22. The van der Waals surface area contributed by atoms with Crippen molar-refractivity contribution in [1.82, 2.24) is 14.9 Å². The van der Waals surface area contributed by atoms with Crippen molar-refractivity contribution in [1.29, 1.82) is 0 Å². The fourth-order valence-corrected chi connectivity index (χ4v) is 2.77. The number of H-pyrrole nitrogens is 1. The van der Waals surface area contributed by atoms with Crippen LogP contribution in [-0.2, 0) is 0 Å². The molecule has 1 saturated heterocycles. The van der Waals surface area contributed by atoms with Crippen molar-refractivity contribution >= 4 is 12.4 Å². The van der Waals surface area contributed by atoms with E-state index in [0.717, 1.165) is 42.9 Å². The molecular formula is C15H20ClN3O2. The SMILES string of the molecule is COc1ccccc1-c1cn(C2CCNCC2)c(=O)[nH]1.Cl. The van der Waals surface area contributed by atoms with Crippen molar-refractivity contribution in [2.75, 3.05) is 20.2 Å². The number of rotatable bonds is 3. The minimum absolute atomic E-state index is 0. The Morgan fingerprint density at radius 1 is 1.24 bits per heavy atom. The molecule has 3 rings (SSSR count). The molecule has 1 fully saturated rings. The second-order valence-electron chi connectivity index (χ2n) is 5.06. The molecule has 114 valence electrons. The Bertz CT molecular complexity index is 644. The number of hydrogen-bond acceptors (Lipinski definition) is 3. The third kappa shape index (κ3) is 3.14. The normalized spacial score (nSPS) is 15.5. The van der Waals surface area contributed by atoms with E-state index in [1.165, 1.54) is 0 Å². The Hall–Kier alpha value is -1.72. The van der Waals surface area contributed by atoms with Crippen LogP contribution in [0.2, 0.25) is 0 Å². The van der Waals surface area contributed by atoms with Gasteiger partial charge in [0.1, 0.15) is 5.75 Å². The van der Waals surface area contributed by atoms with Crippen molar-refractivity contribution in [3.63, 3.8) is 0 Å². The van der Waals surface area contributed by atoms with Crippen molar-refractivity contribution in [3.05, 3.63) is 40.9 Å². The maximum absolute atomic E-state index is 12.2. The standard InChI is InChI=1S/C15H19N3O2.ClH/c1-20-14-5-3-2-4-12(14)13-10-18(15(19)17-13)11-6-8-16-9-7-11;/h2-5,10-11,16H,6-9H2,1H3,(H,17,19);1H. The molecule has 1 aromatic heterocycles. The summed E-state index contributed by atoms with van der Waals surface area (Å²) in [5, 5.41) is 3.32. The van der Waals surface area contributed by atoms with Crippen LogP contribution in [0, 0.1) is 0 Å². The highest BCUT2D eigenvalue weighted by Gasteiger charge is 2.18. The number of nitrogens with zero attached hydrogens (tertiary/aromatic N) is 1. The van der Waals surface area contributed by atoms with Gasteiger partial charge in [-0.3, -0.25) is 4.57 Å². The summed E-state index contributed by atoms with van der Waals surface area (Å²) in [7, 11) is 1.64. The molecule has 2 N–H and O–H groups in total. The topological polar surface area (TPSA) is 59.0 Å². The average Bonchev–Trinajstić information content (AvgIpc) is 2.90. The quantitative estimate of drug-likeness (QED) is 0.914. The van der Waals surface area contributed by atoms with E-state index < -0.39 is 0 Å². The fourth-order valence-electron chi connectivity index (χ4n) is 2.77. The van der Waals surface area contributed by atoms with Crippen molar-refractivity contribution in [2.24, 2.45) is 0 Å². The van der Waals surface area contributed by atoms with Crippen molar-refractivity contribution < 1.29 is 4.74 Å². The lowest BCUT2D eigenvalue weighted by Crippen LogP contribution is -2.32. The molecule has 2 heterocycles. The van der Waals surface area contributed by atoms with Crippen LogP contribution in [-0.4, -0.2) is 29.8 Å². The van der Waals surface area contributed by atoms with E-state index in [2.05, 4.69) is 10.3 Å². The number of nitrogens with one attached hydrogen (secondary N) is 2. The van der Waals surface area contributed by atoms with Crippen LogP contribution in [0.1, 0.15) is 18.9 Å². The third-order valence-electron chi connectivity index (χ3n) is 3.84. The highest BCUT2D eigenvalue weighted by molar-refractivity contribution is 5.85. The molecule has 2 aromatic rings. The molecule has 5 nitrogen and oxygen atoms in total. The second-order valence-corrected chi connectivity index (χ2v) is 5.06. The number of methoxy groups -OCH3 is 1. The number of benzene rings is 1. The Morgan fingerprint density at radius 2 is 1.95 bits per heavy atom. The van der Waals surface area contributed by atoms with Gasteiger partial charge in [0.25, 0.3) is 0 Å². The molecule has 0 bridgehead atoms. The molecule has 1 aromatic carbocycles. The number of ether oxygens (including phenoxy) is 1. The summed E-state index contributed by atoms with van der Waals surface area (Å²) in [5.41, 5.74) is 1.68. The predicted octanol–water partition coefficient (Wildman–Crippen LogP) is 2.20. The van der Waals surface area contributed by atoms with E-state index in [1.807, 2.05) is 35.0 Å². The van der Waals surface area contributed by atoms with Crippen molar-refractivity contribution in [2.45, 2.75) is 18.9 Å². The van der Waals surface area contributed by atoms with Crippen LogP contribution in [0.15, 0.2) is 35.3 Å². The summed E-state index contributed by atoms with van der Waals surface area (Å²) < 4.78 is 7.18. The monoisotopic (exact) mass is 309 g/mol. The first-order valence-electron chi connectivity index (χ1n) is 6.95. The molecule has 21 heavy (non-hydrogen) atoms. The van der Waals surface area contributed by atoms with Gasteiger partial charge in [0.2, 0.25) is 0 Å². The Morgan fingerprint density at radius 3 is 2.67 bits per heavy atom. The molecule has 0 amide bonds. The van der Waals surface area contributed by atoms with Crippen LogP contribution in [0.25, 0.3) is 11.3 Å². The molecule has 6 heteroatoms. The van der Waals surface area contributed by atoms with Crippen molar-refractivity contribution in [3.8, 4) is 17.0 Å². The Balaban J connectivity index is 0.00000161. The zero-order chi connectivity index (χ0) is 13.9. The molecule has 1 aliphatic rings. The number of aromatic amines is 1. The molecule has 0 spiro atoms. The van der Waals surface area contributed by atoms with Gasteiger partial charge in [0, 0.05) is 17.8 Å². The Kier molecular flexibility index (Phi) is 5.09. The lowest BCUT2D eigenvalue weighted by molar-refractivity contribution is 0.361. The summed E-state index contributed by atoms with van der Waals surface area (Å²) in [4.78, 5) is 15.1. The third-order valence-corrected chi connectivity index (χ3v) is 3.84. The first-order valence-corrected chi connectivity index (χ1v) is 6.95. The molecule has 0 atom stereocenters. The first kappa shape index (κ1) is 15.7. The maximum atomic E-state index is 12.2. The molecule has 0 saturated carbocycles. The molecule has 0 radical (unpaired) electrons. The van der Waals surface area contributed by atoms with E-state index in [9.17, 15) is 4.79 Å². The van der Waals surface area contributed by atoms with Gasteiger partial charge < -0.3 is 15.0 Å². The first-order chi connectivity index (χ1) is 9.79. The maximum Gasteiger partial charge on any atom is 0.326 e. The van der Waals surface area contributed by atoms with Crippen LogP contribution < -0.4 is 15.7 Å². The second kappa shape index (κ2) is 6.83. The average molecular weight is 310 g/mol. The minimum atomic E-state index is -0.0437. The fraction of sp³-hybridized carbons (Fsp3) is 0.400. The van der Waals surface area contributed by atoms with Crippen LogP contribution in [0.3, 0.4) is 0 Å². The number of hydrogen-bond donors (Lipinski definition) is 2. The summed E-state index contributed by atoms with van der Waals surface area (Å²) in [5.74, 6) is 0.770. The van der Waals surface area contributed by atoms with E-state index in [0.29, 0.717) is 0 Å². The Labute approximate surface area is 129 Å². The zero-order valence-electron chi connectivity index (χ0n) is 12.0. The minimum Gasteiger partial charge on any atom is -0.496 e. The lowest BCUT2D eigenvalue weighted by atomic mass is 10.1. The summed E-state index contributed by atoms with van der Waals surface area (Å²) in [6, 6.07) is 8.00. The molecule has 1 aliphatic heterocycles. The van der Waals surface area contributed by atoms with Gasteiger partial charge in [-0.1, -0.05) is 12.1 Å². The highest BCUT2D eigenvalue weighted by atomic mass is 35.5. The molecule has 0 unspecified atom stereocenters. The van der Waals surface area contributed by atoms with Gasteiger partial charge in [0.15, 0.2) is 0 Å². The molecular weight excluding hydrogens is 290 g/mol. The number of piperidine rings is 1. The largest absolute Gasteiger partial charge is 0.496 e. The van der Waals surface area contributed by atoms with Gasteiger partial charge in [-0.05, 0) is 38.1 Å². The summed E-state index contributed by atoms with van der Waals surface area (Å²) in [6.07, 6.45) is 3.89. The number of halogens is 1. The van der Waals surface area contributed by atoms with Crippen LogP contribution >= 0.6 is 12.4 Å². The smallest absolute Gasteiger partial charge is 0.326 e. The van der Waals surface area contributed by atoms with Gasteiger partial charge in [-0.25, -0.2) is 4.79 Å². The van der Waals surface area contributed by atoms with Crippen LogP contribution in [0.5, 0.6) is 5.75 Å². The number of aromatic nitrogens is 2. The van der Waals surface area contributed by atoms with E-state index in [-0.39, 0.29) is 24.1 Å². The number of imidazole rings is 1. The van der Waals surface area contributed by atoms with Crippen LogP contribution in [0.4, 0.5) is 0 Å². The van der Waals surface area contributed by atoms with Gasteiger partial charge in [0.05, 0.1) is 12.8 Å². The summed E-state index contributed by atoms with van der Waals surface area (Å²) in [6.45, 7) is 1.93. The summed E-state index contributed by atoms with van der Waals surface area (Å²) >= 11 is 0. The number of para-hydroxylation sites is 1. The van der Waals surface area contributed by atoms with E-state index in [4.69, 9.17) is 4.74 Å². The predicted molar refractivity (Wildman–Crippen MR) is 85.4 cm³/mol. The van der Waals surface area contributed by atoms with E-state index in [1.54, 1.807) is 7.11 Å².